The van der Waals surface area contributed by atoms with E-state index in [0.29, 0.717) is 0 Å². The van der Waals surface area contributed by atoms with Crippen molar-refractivity contribution in [3.8, 4) is 5.75 Å². The zero-order valence-electron chi connectivity index (χ0n) is 6.62. The Bertz CT molecular complexity index is 299. The third-order valence-corrected chi connectivity index (χ3v) is 2.02. The molecule has 0 aliphatic rings. The van der Waals surface area contributed by atoms with Gasteiger partial charge in [0.25, 0.3) is 0 Å². The first-order valence-electron chi connectivity index (χ1n) is 3.34. The molecule has 2 N–H and O–H groups in total. The van der Waals surface area contributed by atoms with Crippen molar-refractivity contribution in [1.82, 2.24) is 0 Å². The predicted octanol–water partition coefficient (Wildman–Crippen LogP) is 1.75. The quantitative estimate of drug-likeness (QED) is 0.477. The molecule has 0 aliphatic heterocycles. The molecule has 1 aromatic carbocycles. The second-order valence-corrected chi connectivity index (χ2v) is 3.03. The van der Waals surface area contributed by atoms with Gasteiger partial charge in [-0.05, 0) is 39.7 Å². The minimum absolute atomic E-state index is 0.796. The summed E-state index contributed by atoms with van der Waals surface area (Å²) in [6, 6.07) is 5.61. The Morgan fingerprint density at radius 2 is 2.33 bits per heavy atom. The number of halogens is 1. The summed E-state index contributed by atoms with van der Waals surface area (Å²) in [5.74, 6) is 5.80. The topological polar surface area (TPSA) is 47.6 Å². The highest BCUT2D eigenvalue weighted by Crippen LogP contribution is 2.24. The Morgan fingerprint density at radius 1 is 1.58 bits per heavy atom. The molecule has 1 aromatic rings. The molecule has 0 unspecified atom stereocenters. The Balaban J connectivity index is 3.01. The average molecular weight is 229 g/mol. The van der Waals surface area contributed by atoms with Crippen molar-refractivity contribution in [3.05, 3.63) is 28.2 Å². The molecule has 64 valence electrons. The number of methoxy groups -OCH3 is 1. The Morgan fingerprint density at radius 3 is 2.83 bits per heavy atom. The molecule has 0 aromatic heterocycles. The summed E-state index contributed by atoms with van der Waals surface area (Å²) in [6.45, 7) is 0. The van der Waals surface area contributed by atoms with Gasteiger partial charge in [-0.15, -0.1) is 0 Å². The van der Waals surface area contributed by atoms with Crippen LogP contribution in [-0.4, -0.2) is 13.3 Å². The van der Waals surface area contributed by atoms with Crippen LogP contribution in [0, 0.1) is 0 Å². The van der Waals surface area contributed by atoms with Crippen molar-refractivity contribution in [2.24, 2.45) is 10.9 Å². The van der Waals surface area contributed by atoms with Crippen LogP contribution in [0.25, 0.3) is 0 Å². The summed E-state index contributed by atoms with van der Waals surface area (Å²) < 4.78 is 5.95. The number of nitrogens with two attached hydrogens (primary N) is 1. The third kappa shape index (κ3) is 1.98. The highest BCUT2D eigenvalue weighted by atomic mass is 79.9. The van der Waals surface area contributed by atoms with Gasteiger partial charge in [0.2, 0.25) is 0 Å². The molecule has 0 spiro atoms. The maximum atomic E-state index is 5.06. The first-order valence-corrected chi connectivity index (χ1v) is 4.14. The highest BCUT2D eigenvalue weighted by Gasteiger charge is 1.98. The molecule has 0 heterocycles. The first kappa shape index (κ1) is 9.06. The van der Waals surface area contributed by atoms with Gasteiger partial charge >= 0.3 is 0 Å². The molecule has 0 aliphatic carbocycles. The van der Waals surface area contributed by atoms with Gasteiger partial charge in [0.1, 0.15) is 5.75 Å². The zero-order valence-corrected chi connectivity index (χ0v) is 8.21. The lowest BCUT2D eigenvalue weighted by atomic mass is 10.2. The van der Waals surface area contributed by atoms with E-state index in [9.17, 15) is 0 Å². The van der Waals surface area contributed by atoms with Crippen LogP contribution in [0.15, 0.2) is 27.8 Å². The average Bonchev–Trinajstić information content (AvgIpc) is 2.05. The van der Waals surface area contributed by atoms with E-state index in [1.54, 1.807) is 13.3 Å². The van der Waals surface area contributed by atoms with Crippen molar-refractivity contribution in [3.63, 3.8) is 0 Å². The predicted molar refractivity (Wildman–Crippen MR) is 52.5 cm³/mol. The van der Waals surface area contributed by atoms with Crippen molar-refractivity contribution in [1.29, 1.82) is 0 Å². The fourth-order valence-electron chi connectivity index (χ4n) is 0.849. The monoisotopic (exact) mass is 228 g/mol. The standard InChI is InChI=1S/C8H9BrN2O/c1-12-8-3-2-6(5-11-10)4-7(8)9/h2-5H,10H2,1H3/b11-5+. The Kier molecular flexibility index (Phi) is 3.10. The smallest absolute Gasteiger partial charge is 0.133 e. The van der Waals surface area contributed by atoms with Crippen LogP contribution < -0.4 is 10.6 Å². The Labute approximate surface area is 79.3 Å². The number of hydrogen-bond donors (Lipinski definition) is 1. The molecular weight excluding hydrogens is 220 g/mol. The van der Waals surface area contributed by atoms with Gasteiger partial charge in [0.05, 0.1) is 17.8 Å². The fraction of sp³-hybridized carbons (Fsp3) is 0.125. The van der Waals surface area contributed by atoms with E-state index in [4.69, 9.17) is 10.6 Å². The fourth-order valence-corrected chi connectivity index (χ4v) is 1.41. The van der Waals surface area contributed by atoms with Crippen LogP contribution in [0.5, 0.6) is 5.75 Å². The van der Waals surface area contributed by atoms with E-state index < -0.39 is 0 Å². The number of ether oxygens (including phenoxy) is 1. The first-order chi connectivity index (χ1) is 5.77. The van der Waals surface area contributed by atoms with Gasteiger partial charge < -0.3 is 10.6 Å². The van der Waals surface area contributed by atoms with Crippen molar-refractivity contribution in [2.45, 2.75) is 0 Å². The molecule has 0 radical (unpaired) electrons. The van der Waals surface area contributed by atoms with Crippen LogP contribution in [0.4, 0.5) is 0 Å². The van der Waals surface area contributed by atoms with E-state index in [-0.39, 0.29) is 0 Å². The van der Waals surface area contributed by atoms with E-state index in [1.807, 2.05) is 18.2 Å². The zero-order chi connectivity index (χ0) is 8.97. The number of rotatable bonds is 2. The van der Waals surface area contributed by atoms with Crippen molar-refractivity contribution >= 4 is 22.1 Å². The van der Waals surface area contributed by atoms with E-state index in [2.05, 4.69) is 21.0 Å². The van der Waals surface area contributed by atoms with Crippen molar-refractivity contribution in [2.75, 3.05) is 7.11 Å². The minimum Gasteiger partial charge on any atom is -0.496 e. The van der Waals surface area contributed by atoms with Crippen molar-refractivity contribution < 1.29 is 4.74 Å². The molecular formula is C8H9BrN2O. The summed E-state index contributed by atoms with van der Waals surface area (Å²) in [5.41, 5.74) is 0.935. The summed E-state index contributed by atoms with van der Waals surface area (Å²) >= 11 is 3.35. The van der Waals surface area contributed by atoms with Gasteiger partial charge in [-0.1, -0.05) is 0 Å². The van der Waals surface area contributed by atoms with Crippen LogP contribution in [0.1, 0.15) is 5.56 Å². The minimum atomic E-state index is 0.796. The lowest BCUT2D eigenvalue weighted by molar-refractivity contribution is 0.412. The Hall–Kier alpha value is -1.03. The third-order valence-electron chi connectivity index (χ3n) is 1.40. The molecule has 0 bridgehead atoms. The lowest BCUT2D eigenvalue weighted by Crippen LogP contribution is -1.88. The lowest BCUT2D eigenvalue weighted by Gasteiger charge is -2.02. The number of benzene rings is 1. The molecule has 3 nitrogen and oxygen atoms in total. The molecule has 0 saturated heterocycles. The molecule has 0 amide bonds. The SMILES string of the molecule is COc1ccc(/C=N/N)cc1Br. The largest absolute Gasteiger partial charge is 0.496 e. The molecule has 12 heavy (non-hydrogen) atoms. The molecule has 4 heteroatoms. The van der Waals surface area contributed by atoms with Gasteiger partial charge in [-0.3, -0.25) is 0 Å². The molecule has 1 rings (SSSR count). The maximum absolute atomic E-state index is 5.06. The molecule has 0 saturated carbocycles. The van der Waals surface area contributed by atoms with E-state index >= 15 is 0 Å². The van der Waals surface area contributed by atoms with Crippen LogP contribution in [0.2, 0.25) is 0 Å². The van der Waals surface area contributed by atoms with E-state index in [1.165, 1.54) is 0 Å². The molecule has 0 fully saturated rings. The number of hydrazone groups is 1. The van der Waals surface area contributed by atoms with E-state index in [0.717, 1.165) is 15.8 Å². The highest BCUT2D eigenvalue weighted by molar-refractivity contribution is 9.10. The van der Waals surface area contributed by atoms with Crippen LogP contribution in [-0.2, 0) is 0 Å². The molecule has 0 atom stereocenters. The van der Waals surface area contributed by atoms with Gasteiger partial charge in [-0.2, -0.15) is 5.10 Å². The normalized spacial score (nSPS) is 10.5. The number of nitrogens with zero attached hydrogens (tertiary/aromatic N) is 1. The second kappa shape index (κ2) is 4.11. The summed E-state index contributed by atoms with van der Waals surface area (Å²) in [4.78, 5) is 0. The summed E-state index contributed by atoms with van der Waals surface area (Å²) in [7, 11) is 1.62. The second-order valence-electron chi connectivity index (χ2n) is 2.17. The van der Waals surface area contributed by atoms with Gasteiger partial charge in [0.15, 0.2) is 0 Å². The maximum Gasteiger partial charge on any atom is 0.133 e. The van der Waals surface area contributed by atoms with Crippen LogP contribution in [0.3, 0.4) is 0 Å². The van der Waals surface area contributed by atoms with Gasteiger partial charge in [-0.25, -0.2) is 0 Å². The number of hydrogen-bond acceptors (Lipinski definition) is 3. The summed E-state index contributed by atoms with van der Waals surface area (Å²) in [6.07, 6.45) is 1.57. The van der Waals surface area contributed by atoms with Gasteiger partial charge in [0, 0.05) is 0 Å². The summed E-state index contributed by atoms with van der Waals surface area (Å²) in [5, 5.41) is 3.42. The van der Waals surface area contributed by atoms with Crippen LogP contribution >= 0.6 is 15.9 Å².